The van der Waals surface area contributed by atoms with Crippen molar-refractivity contribution < 1.29 is 0 Å². The predicted octanol–water partition coefficient (Wildman–Crippen LogP) is 2.48. The molecule has 122 valence electrons. The zero-order chi connectivity index (χ0) is 16.1. The first-order valence-electron chi connectivity index (χ1n) is 8.32. The normalized spacial score (nSPS) is 16.7. The molecule has 0 amide bonds. The molecule has 0 atom stereocenters. The van der Waals surface area contributed by atoms with E-state index in [1.165, 1.54) is 18.4 Å². The first-order valence-corrected chi connectivity index (χ1v) is 8.32. The molecule has 1 saturated heterocycles. The Labute approximate surface area is 137 Å². The Kier molecular flexibility index (Phi) is 4.95. The van der Waals surface area contributed by atoms with E-state index in [4.69, 9.17) is 5.73 Å². The van der Waals surface area contributed by atoms with Gasteiger partial charge in [0.25, 0.3) is 0 Å². The summed E-state index contributed by atoms with van der Waals surface area (Å²) in [5.41, 5.74) is 8.31. The van der Waals surface area contributed by atoms with Crippen LogP contribution >= 0.6 is 0 Å². The summed E-state index contributed by atoms with van der Waals surface area (Å²) in [5.74, 6) is 1.45. The van der Waals surface area contributed by atoms with Crippen LogP contribution in [0.15, 0.2) is 47.6 Å². The lowest BCUT2D eigenvalue weighted by molar-refractivity contribution is 0.277. The van der Waals surface area contributed by atoms with E-state index in [0.717, 1.165) is 31.2 Å². The lowest BCUT2D eigenvalue weighted by atomic mass is 10.00. The van der Waals surface area contributed by atoms with Crippen LogP contribution in [0.25, 0.3) is 0 Å². The molecule has 2 heterocycles. The molecule has 0 bridgehead atoms. The lowest BCUT2D eigenvalue weighted by Gasteiger charge is -2.30. The molecule has 1 fully saturated rings. The summed E-state index contributed by atoms with van der Waals surface area (Å²) in [6.45, 7) is 5.64. The lowest BCUT2D eigenvalue weighted by Crippen LogP contribution is -2.42. The van der Waals surface area contributed by atoms with Gasteiger partial charge in [-0.2, -0.15) is 5.10 Å². The molecule has 0 aliphatic carbocycles. The van der Waals surface area contributed by atoms with Crippen LogP contribution in [0.2, 0.25) is 0 Å². The number of rotatable bonds is 4. The Morgan fingerprint density at radius 1 is 1.22 bits per heavy atom. The van der Waals surface area contributed by atoms with Crippen LogP contribution in [0.3, 0.4) is 0 Å². The fraction of sp³-hybridized carbons (Fsp3) is 0.444. The third-order valence-corrected chi connectivity index (χ3v) is 4.39. The Morgan fingerprint density at radius 2 is 1.96 bits per heavy atom. The number of aromatic nitrogens is 2. The van der Waals surface area contributed by atoms with E-state index in [-0.39, 0.29) is 0 Å². The van der Waals surface area contributed by atoms with Gasteiger partial charge in [0.05, 0.1) is 18.8 Å². The van der Waals surface area contributed by atoms with Gasteiger partial charge in [-0.25, -0.2) is 4.99 Å². The summed E-state index contributed by atoms with van der Waals surface area (Å²) in [7, 11) is 0. The summed E-state index contributed by atoms with van der Waals surface area (Å²) >= 11 is 0. The molecule has 0 spiro atoms. The number of nitrogens with two attached hydrogens (primary N) is 1. The zero-order valence-electron chi connectivity index (χ0n) is 13.7. The average molecular weight is 311 g/mol. The first kappa shape index (κ1) is 15.6. The quantitative estimate of drug-likeness (QED) is 0.697. The van der Waals surface area contributed by atoms with Gasteiger partial charge in [0.1, 0.15) is 0 Å². The van der Waals surface area contributed by atoms with Gasteiger partial charge in [-0.1, -0.05) is 37.3 Å². The topological polar surface area (TPSA) is 59.4 Å². The molecule has 0 unspecified atom stereocenters. The molecular weight excluding hydrogens is 286 g/mol. The van der Waals surface area contributed by atoms with Gasteiger partial charge in [-0.05, 0) is 30.4 Å². The number of nitrogens with zero attached hydrogens (tertiary/aromatic N) is 4. The fourth-order valence-corrected chi connectivity index (χ4v) is 2.85. The second-order valence-corrected chi connectivity index (χ2v) is 6.33. The highest BCUT2D eigenvalue weighted by atomic mass is 15.3. The van der Waals surface area contributed by atoms with E-state index in [2.05, 4.69) is 34.0 Å². The minimum Gasteiger partial charge on any atom is -0.370 e. The van der Waals surface area contributed by atoms with Crippen LogP contribution in [-0.2, 0) is 13.1 Å². The third kappa shape index (κ3) is 4.34. The minimum absolute atomic E-state index is 0.541. The molecule has 1 aromatic heterocycles. The van der Waals surface area contributed by atoms with Crippen molar-refractivity contribution in [2.75, 3.05) is 13.1 Å². The standard InChI is InChI=1S/C18H25N5/c1-15-7-10-22(11-8-15)18(19)20-13-17-9-12-23(21-17)14-16-5-3-2-4-6-16/h2-6,9,12,15H,7-8,10-11,13-14H2,1H3,(H2,19,20). The van der Waals surface area contributed by atoms with Crippen LogP contribution < -0.4 is 5.73 Å². The van der Waals surface area contributed by atoms with Gasteiger partial charge in [0.2, 0.25) is 0 Å². The van der Waals surface area contributed by atoms with Gasteiger partial charge in [-0.3, -0.25) is 4.68 Å². The molecule has 0 saturated carbocycles. The van der Waals surface area contributed by atoms with Gasteiger partial charge < -0.3 is 10.6 Å². The molecule has 5 heteroatoms. The number of likely N-dealkylation sites (tertiary alicyclic amines) is 1. The Balaban J connectivity index is 1.55. The van der Waals surface area contributed by atoms with Gasteiger partial charge in [-0.15, -0.1) is 0 Å². The molecule has 1 aliphatic rings. The highest BCUT2D eigenvalue weighted by molar-refractivity contribution is 5.78. The molecule has 1 aliphatic heterocycles. The SMILES string of the molecule is CC1CCN(C(N)=NCc2ccn(Cc3ccccc3)n2)CC1. The van der Waals surface area contributed by atoms with Crippen LogP contribution in [0.4, 0.5) is 0 Å². The summed E-state index contributed by atoms with van der Waals surface area (Å²) in [5, 5.41) is 4.57. The number of aliphatic imine (C=N–C) groups is 1. The third-order valence-electron chi connectivity index (χ3n) is 4.39. The highest BCUT2D eigenvalue weighted by Crippen LogP contribution is 2.15. The zero-order valence-corrected chi connectivity index (χ0v) is 13.7. The van der Waals surface area contributed by atoms with Crippen molar-refractivity contribution in [3.63, 3.8) is 0 Å². The molecule has 0 radical (unpaired) electrons. The smallest absolute Gasteiger partial charge is 0.191 e. The van der Waals surface area contributed by atoms with Crippen LogP contribution in [0.1, 0.15) is 31.0 Å². The maximum absolute atomic E-state index is 6.11. The summed E-state index contributed by atoms with van der Waals surface area (Å²) in [4.78, 5) is 6.69. The largest absolute Gasteiger partial charge is 0.370 e. The fourth-order valence-electron chi connectivity index (χ4n) is 2.85. The predicted molar refractivity (Wildman–Crippen MR) is 93.1 cm³/mol. The van der Waals surface area contributed by atoms with E-state index in [0.29, 0.717) is 12.5 Å². The highest BCUT2D eigenvalue weighted by Gasteiger charge is 2.16. The molecule has 2 N–H and O–H groups in total. The Hall–Kier alpha value is -2.30. The van der Waals surface area contributed by atoms with Crippen molar-refractivity contribution in [1.82, 2.24) is 14.7 Å². The summed E-state index contributed by atoms with van der Waals surface area (Å²) < 4.78 is 1.94. The molecule has 3 rings (SSSR count). The Bertz CT molecular complexity index is 638. The van der Waals surface area contributed by atoms with Gasteiger partial charge in [0.15, 0.2) is 5.96 Å². The van der Waals surface area contributed by atoms with E-state index in [1.54, 1.807) is 0 Å². The van der Waals surface area contributed by atoms with Crippen molar-refractivity contribution in [3.05, 3.63) is 53.9 Å². The maximum Gasteiger partial charge on any atom is 0.191 e. The van der Waals surface area contributed by atoms with Crippen LogP contribution in [0, 0.1) is 5.92 Å². The summed E-state index contributed by atoms with van der Waals surface area (Å²) in [6.07, 6.45) is 4.39. The van der Waals surface area contributed by atoms with E-state index in [1.807, 2.05) is 35.1 Å². The monoisotopic (exact) mass is 311 g/mol. The van der Waals surface area contributed by atoms with Crippen molar-refractivity contribution in [2.24, 2.45) is 16.6 Å². The molecule has 5 nitrogen and oxygen atoms in total. The van der Waals surface area contributed by atoms with Crippen molar-refractivity contribution in [3.8, 4) is 0 Å². The number of hydrogen-bond donors (Lipinski definition) is 1. The molecule has 2 aromatic rings. The number of guanidine groups is 1. The van der Waals surface area contributed by atoms with E-state index >= 15 is 0 Å². The van der Waals surface area contributed by atoms with Gasteiger partial charge >= 0.3 is 0 Å². The second kappa shape index (κ2) is 7.31. The van der Waals surface area contributed by atoms with Crippen molar-refractivity contribution in [2.45, 2.75) is 32.9 Å². The molecule has 1 aromatic carbocycles. The van der Waals surface area contributed by atoms with E-state index in [9.17, 15) is 0 Å². The average Bonchev–Trinajstić information content (AvgIpc) is 3.02. The second-order valence-electron chi connectivity index (χ2n) is 6.33. The maximum atomic E-state index is 6.11. The van der Waals surface area contributed by atoms with Crippen molar-refractivity contribution >= 4 is 5.96 Å². The van der Waals surface area contributed by atoms with Gasteiger partial charge in [0, 0.05) is 19.3 Å². The molecule has 23 heavy (non-hydrogen) atoms. The summed E-state index contributed by atoms with van der Waals surface area (Å²) in [6, 6.07) is 12.3. The van der Waals surface area contributed by atoms with Crippen LogP contribution in [0.5, 0.6) is 0 Å². The first-order chi connectivity index (χ1) is 11.2. The minimum atomic E-state index is 0.541. The molecular formula is C18H25N5. The number of piperidine rings is 1. The Morgan fingerprint density at radius 3 is 2.70 bits per heavy atom. The number of benzene rings is 1. The number of hydrogen-bond acceptors (Lipinski definition) is 2. The van der Waals surface area contributed by atoms with Crippen LogP contribution in [-0.4, -0.2) is 33.7 Å². The van der Waals surface area contributed by atoms with Crippen molar-refractivity contribution in [1.29, 1.82) is 0 Å². The van der Waals surface area contributed by atoms with E-state index < -0.39 is 0 Å².